The molecular weight excluding hydrogens is 320 g/mol. The van der Waals surface area contributed by atoms with Gasteiger partial charge in [0.2, 0.25) is 0 Å². The van der Waals surface area contributed by atoms with Crippen molar-refractivity contribution in [3.63, 3.8) is 0 Å². The SMILES string of the molecule is COc1ccc(C(=O)Nc2cc(Cl)c(F)c(Cl)c2)c(O)c1. The molecule has 0 aliphatic heterocycles. The molecule has 0 aromatic heterocycles. The molecule has 2 rings (SSSR count). The van der Waals surface area contributed by atoms with Crippen LogP contribution < -0.4 is 10.1 Å². The molecule has 21 heavy (non-hydrogen) atoms. The largest absolute Gasteiger partial charge is 0.507 e. The normalized spacial score (nSPS) is 10.3. The average Bonchev–Trinajstić information content (AvgIpc) is 2.44. The molecule has 0 bridgehead atoms. The first-order valence-corrected chi connectivity index (χ1v) is 6.51. The van der Waals surface area contributed by atoms with Crippen molar-refractivity contribution in [1.82, 2.24) is 0 Å². The first-order chi connectivity index (χ1) is 9.92. The minimum absolute atomic E-state index is 0.0346. The van der Waals surface area contributed by atoms with Gasteiger partial charge in [0, 0.05) is 11.8 Å². The first kappa shape index (κ1) is 15.4. The molecule has 0 saturated heterocycles. The number of nitrogens with one attached hydrogen (secondary N) is 1. The molecule has 0 atom stereocenters. The zero-order valence-corrected chi connectivity index (χ0v) is 12.3. The fourth-order valence-corrected chi connectivity index (χ4v) is 2.14. The standard InChI is InChI=1S/C14H10Cl2FNO3/c1-21-8-2-3-9(12(19)6-8)14(20)18-7-4-10(15)13(17)11(16)5-7/h2-6,19H,1H3,(H,18,20). The lowest BCUT2D eigenvalue weighted by Gasteiger charge is -2.09. The van der Waals surface area contributed by atoms with E-state index in [9.17, 15) is 14.3 Å². The van der Waals surface area contributed by atoms with Gasteiger partial charge < -0.3 is 15.2 Å². The second-order valence-electron chi connectivity index (χ2n) is 4.09. The Kier molecular flexibility index (Phi) is 4.55. The molecule has 0 radical (unpaired) electrons. The molecule has 110 valence electrons. The van der Waals surface area contributed by atoms with Gasteiger partial charge in [0.15, 0.2) is 5.82 Å². The molecule has 7 heteroatoms. The van der Waals surface area contributed by atoms with E-state index in [1.807, 2.05) is 0 Å². The van der Waals surface area contributed by atoms with Crippen LogP contribution in [0.5, 0.6) is 11.5 Å². The third-order valence-electron chi connectivity index (χ3n) is 2.69. The van der Waals surface area contributed by atoms with E-state index in [4.69, 9.17) is 27.9 Å². The van der Waals surface area contributed by atoms with E-state index in [0.29, 0.717) is 5.75 Å². The smallest absolute Gasteiger partial charge is 0.259 e. The van der Waals surface area contributed by atoms with Crippen molar-refractivity contribution in [3.8, 4) is 11.5 Å². The monoisotopic (exact) mass is 329 g/mol. The number of carbonyl (C=O) groups is 1. The second kappa shape index (κ2) is 6.20. The van der Waals surface area contributed by atoms with Crippen molar-refractivity contribution >= 4 is 34.8 Å². The molecular formula is C14H10Cl2FNO3. The van der Waals surface area contributed by atoms with Crippen LogP contribution in [0.15, 0.2) is 30.3 Å². The summed E-state index contributed by atoms with van der Waals surface area (Å²) in [6.07, 6.45) is 0. The topological polar surface area (TPSA) is 58.6 Å². The molecule has 2 aromatic carbocycles. The van der Waals surface area contributed by atoms with Crippen molar-refractivity contribution in [2.45, 2.75) is 0 Å². The van der Waals surface area contributed by atoms with Crippen LogP contribution in [-0.4, -0.2) is 18.1 Å². The first-order valence-electron chi connectivity index (χ1n) is 5.75. The summed E-state index contributed by atoms with van der Waals surface area (Å²) in [6.45, 7) is 0. The van der Waals surface area contributed by atoms with E-state index in [1.54, 1.807) is 0 Å². The van der Waals surface area contributed by atoms with Crippen molar-refractivity contribution in [2.24, 2.45) is 0 Å². The van der Waals surface area contributed by atoms with Gasteiger partial charge in [-0.05, 0) is 24.3 Å². The number of carbonyl (C=O) groups excluding carboxylic acids is 1. The van der Waals surface area contributed by atoms with Gasteiger partial charge in [0.25, 0.3) is 5.91 Å². The second-order valence-corrected chi connectivity index (χ2v) is 4.91. The van der Waals surface area contributed by atoms with Crippen molar-refractivity contribution < 1.29 is 19.0 Å². The zero-order chi connectivity index (χ0) is 15.6. The van der Waals surface area contributed by atoms with Crippen molar-refractivity contribution in [3.05, 3.63) is 51.8 Å². The third-order valence-corrected chi connectivity index (χ3v) is 3.24. The molecule has 4 nitrogen and oxygen atoms in total. The van der Waals surface area contributed by atoms with Gasteiger partial charge in [-0.25, -0.2) is 4.39 Å². The number of ether oxygens (including phenoxy) is 1. The number of aromatic hydroxyl groups is 1. The predicted octanol–water partition coefficient (Wildman–Crippen LogP) is 4.10. The highest BCUT2D eigenvalue weighted by atomic mass is 35.5. The maximum absolute atomic E-state index is 13.3. The van der Waals surface area contributed by atoms with Crippen molar-refractivity contribution in [2.75, 3.05) is 12.4 Å². The Balaban J connectivity index is 2.26. The van der Waals surface area contributed by atoms with E-state index in [2.05, 4.69) is 5.32 Å². The summed E-state index contributed by atoms with van der Waals surface area (Å²) in [5.74, 6) is -1.18. The Morgan fingerprint density at radius 3 is 2.38 bits per heavy atom. The number of hydrogen-bond donors (Lipinski definition) is 2. The maximum atomic E-state index is 13.3. The van der Waals surface area contributed by atoms with E-state index in [0.717, 1.165) is 0 Å². The van der Waals surface area contributed by atoms with Crippen molar-refractivity contribution in [1.29, 1.82) is 0 Å². The Morgan fingerprint density at radius 1 is 1.24 bits per heavy atom. The van der Waals surface area contributed by atoms with Crippen LogP contribution in [0.4, 0.5) is 10.1 Å². The summed E-state index contributed by atoms with van der Waals surface area (Å²) < 4.78 is 18.2. The fraction of sp³-hybridized carbons (Fsp3) is 0.0714. The molecule has 0 aliphatic carbocycles. The van der Waals surface area contributed by atoms with Gasteiger partial charge in [0.1, 0.15) is 11.5 Å². The lowest BCUT2D eigenvalue weighted by Crippen LogP contribution is -2.12. The maximum Gasteiger partial charge on any atom is 0.259 e. The predicted molar refractivity (Wildman–Crippen MR) is 79.0 cm³/mol. The van der Waals surface area contributed by atoms with Crippen LogP contribution in [0.2, 0.25) is 10.0 Å². The Hall–Kier alpha value is -1.98. The number of phenols is 1. The Labute approximate surface area is 130 Å². The van der Waals surface area contributed by atoms with Gasteiger partial charge in [-0.3, -0.25) is 4.79 Å². The number of halogens is 3. The van der Waals surface area contributed by atoms with E-state index in [-0.39, 0.29) is 27.0 Å². The number of amides is 1. The van der Waals surface area contributed by atoms with Gasteiger partial charge in [-0.1, -0.05) is 23.2 Å². The highest BCUT2D eigenvalue weighted by molar-refractivity contribution is 6.35. The van der Waals surface area contributed by atoms with Crippen LogP contribution in [-0.2, 0) is 0 Å². The van der Waals surface area contributed by atoms with Gasteiger partial charge in [-0.15, -0.1) is 0 Å². The quantitative estimate of drug-likeness (QED) is 0.833. The number of benzene rings is 2. The summed E-state index contributed by atoms with van der Waals surface area (Å²) in [6, 6.07) is 6.68. The summed E-state index contributed by atoms with van der Waals surface area (Å²) in [4.78, 5) is 12.1. The number of anilines is 1. The van der Waals surface area contributed by atoms with E-state index < -0.39 is 11.7 Å². The van der Waals surface area contributed by atoms with E-state index >= 15 is 0 Å². The van der Waals surface area contributed by atoms with Gasteiger partial charge in [0.05, 0.1) is 22.7 Å². The minimum atomic E-state index is -0.761. The number of phenolic OH excluding ortho intramolecular Hbond substituents is 1. The van der Waals surface area contributed by atoms with Gasteiger partial charge >= 0.3 is 0 Å². The summed E-state index contributed by atoms with van der Waals surface area (Å²) in [5, 5.41) is 11.8. The number of rotatable bonds is 3. The van der Waals surface area contributed by atoms with Crippen LogP contribution in [0.25, 0.3) is 0 Å². The fourth-order valence-electron chi connectivity index (χ4n) is 1.66. The van der Waals surface area contributed by atoms with Crippen LogP contribution >= 0.6 is 23.2 Å². The lowest BCUT2D eigenvalue weighted by molar-refractivity contribution is 0.102. The Morgan fingerprint density at radius 2 is 1.86 bits per heavy atom. The number of hydrogen-bond acceptors (Lipinski definition) is 3. The third kappa shape index (κ3) is 3.37. The molecule has 0 unspecified atom stereocenters. The molecule has 2 aromatic rings. The molecule has 0 spiro atoms. The zero-order valence-electron chi connectivity index (χ0n) is 10.8. The summed E-state index contributed by atoms with van der Waals surface area (Å²) >= 11 is 11.3. The molecule has 0 fully saturated rings. The Bertz CT molecular complexity index is 684. The van der Waals surface area contributed by atoms with Crippen LogP contribution in [0, 0.1) is 5.82 Å². The summed E-state index contributed by atoms with van der Waals surface area (Å²) in [5.41, 5.74) is 0.249. The molecule has 1 amide bonds. The number of methoxy groups -OCH3 is 1. The van der Waals surface area contributed by atoms with Crippen LogP contribution in [0.1, 0.15) is 10.4 Å². The molecule has 0 heterocycles. The highest BCUT2D eigenvalue weighted by Crippen LogP contribution is 2.29. The van der Waals surface area contributed by atoms with E-state index in [1.165, 1.54) is 37.4 Å². The average molecular weight is 330 g/mol. The molecule has 2 N–H and O–H groups in total. The lowest BCUT2D eigenvalue weighted by atomic mass is 10.1. The van der Waals surface area contributed by atoms with Crippen LogP contribution in [0.3, 0.4) is 0 Å². The molecule has 0 saturated carbocycles. The highest BCUT2D eigenvalue weighted by Gasteiger charge is 2.14. The minimum Gasteiger partial charge on any atom is -0.507 e. The molecule has 0 aliphatic rings. The van der Waals surface area contributed by atoms with Gasteiger partial charge in [-0.2, -0.15) is 0 Å². The summed E-state index contributed by atoms with van der Waals surface area (Å²) in [7, 11) is 1.44.